The average Bonchev–Trinajstić information content (AvgIpc) is 2.89. The number of aliphatic hydroxyl groups excluding tert-OH is 2. The molecule has 5 aliphatic rings. The van der Waals surface area contributed by atoms with Crippen molar-refractivity contribution in [3.05, 3.63) is 12.2 Å². The summed E-state index contributed by atoms with van der Waals surface area (Å²) in [7, 11) is 0. The summed E-state index contributed by atoms with van der Waals surface area (Å²) in [6.07, 6.45) is 11.7. The quantitative estimate of drug-likeness (QED) is 0.494. The van der Waals surface area contributed by atoms with Gasteiger partial charge in [0.1, 0.15) is 0 Å². The summed E-state index contributed by atoms with van der Waals surface area (Å²) in [6, 6.07) is 0.288. The topological polar surface area (TPSA) is 81.6 Å². The van der Waals surface area contributed by atoms with Gasteiger partial charge < -0.3 is 20.8 Å². The van der Waals surface area contributed by atoms with E-state index in [0.717, 1.165) is 63.4 Å². The number of hydrogen-bond acceptors (Lipinski definition) is 3. The summed E-state index contributed by atoms with van der Waals surface area (Å²) in [4.78, 5) is 13.0. The van der Waals surface area contributed by atoms with Crippen LogP contribution in [0.4, 0.5) is 4.79 Å². The summed E-state index contributed by atoms with van der Waals surface area (Å²) in [6.45, 7) is 8.80. The molecule has 2 bridgehead atoms. The molecule has 5 aliphatic carbocycles. The maximum atomic E-state index is 13.0. The molecule has 5 saturated carbocycles. The molecule has 174 valence electrons. The van der Waals surface area contributed by atoms with E-state index in [-0.39, 0.29) is 40.3 Å². The van der Waals surface area contributed by atoms with Crippen LogP contribution in [0.3, 0.4) is 0 Å². The van der Waals surface area contributed by atoms with Crippen LogP contribution in [0.25, 0.3) is 0 Å². The Morgan fingerprint density at radius 3 is 2.52 bits per heavy atom. The van der Waals surface area contributed by atoms with Gasteiger partial charge in [0.05, 0.1) is 12.2 Å². The van der Waals surface area contributed by atoms with Crippen molar-refractivity contribution in [2.45, 2.75) is 115 Å². The van der Waals surface area contributed by atoms with Crippen molar-refractivity contribution in [1.29, 1.82) is 0 Å². The summed E-state index contributed by atoms with van der Waals surface area (Å²) in [5, 5.41) is 29.3. The number of carbonyl (C=O) groups is 1. The molecule has 0 aromatic carbocycles. The minimum Gasteiger partial charge on any atom is -0.393 e. The molecule has 5 fully saturated rings. The van der Waals surface area contributed by atoms with Gasteiger partial charge in [-0.1, -0.05) is 39.2 Å². The van der Waals surface area contributed by atoms with Crippen molar-refractivity contribution in [3.8, 4) is 0 Å². The smallest absolute Gasteiger partial charge is 0.315 e. The average molecular weight is 431 g/mol. The van der Waals surface area contributed by atoms with Gasteiger partial charge >= 0.3 is 6.03 Å². The molecule has 0 heterocycles. The second-order valence-corrected chi connectivity index (χ2v) is 12.2. The van der Waals surface area contributed by atoms with Gasteiger partial charge in [-0.3, -0.25) is 0 Å². The van der Waals surface area contributed by atoms with Crippen LogP contribution in [-0.2, 0) is 0 Å². The third-order valence-electron chi connectivity index (χ3n) is 10.5. The molecule has 0 radical (unpaired) electrons. The van der Waals surface area contributed by atoms with Gasteiger partial charge in [-0.25, -0.2) is 4.79 Å². The molecule has 5 heteroatoms. The molecule has 0 saturated heterocycles. The Balaban J connectivity index is 1.39. The van der Waals surface area contributed by atoms with Crippen molar-refractivity contribution in [3.63, 3.8) is 0 Å². The van der Waals surface area contributed by atoms with Crippen molar-refractivity contribution >= 4 is 6.03 Å². The van der Waals surface area contributed by atoms with Crippen molar-refractivity contribution in [2.75, 3.05) is 0 Å². The van der Waals surface area contributed by atoms with E-state index >= 15 is 0 Å². The standard InChI is InChI=1S/C26H42N2O3/c1-16-17-14-19(29)21-24(2)11-7-12-25(3,20(24)10-13-26(21,15-17)22(16)30)28-23(31)27-18-8-5-4-6-9-18/h17-22,29-30H,1,4-15H2,2-3H3,(H2,27,28,31)/t17-,19+,20?,21?,22-,24-,25-,26-/m1/s1. The first-order chi connectivity index (χ1) is 14.7. The largest absolute Gasteiger partial charge is 0.393 e. The monoisotopic (exact) mass is 430 g/mol. The molecule has 0 aromatic heterocycles. The lowest BCUT2D eigenvalue weighted by Crippen LogP contribution is -2.68. The highest BCUT2D eigenvalue weighted by molar-refractivity contribution is 5.75. The second kappa shape index (κ2) is 7.48. The fourth-order valence-electron chi connectivity index (χ4n) is 9.35. The molecular formula is C26H42N2O3. The Morgan fingerprint density at radius 1 is 1.03 bits per heavy atom. The van der Waals surface area contributed by atoms with Crippen LogP contribution in [0.15, 0.2) is 12.2 Å². The highest BCUT2D eigenvalue weighted by Gasteiger charge is 2.69. The van der Waals surface area contributed by atoms with Crippen LogP contribution in [0.1, 0.15) is 90.9 Å². The summed E-state index contributed by atoms with van der Waals surface area (Å²) in [5.41, 5.74) is 0.365. The number of urea groups is 1. The predicted molar refractivity (Wildman–Crippen MR) is 121 cm³/mol. The predicted octanol–water partition coefficient (Wildman–Crippen LogP) is 4.28. The van der Waals surface area contributed by atoms with Crippen molar-refractivity contribution in [1.82, 2.24) is 10.6 Å². The number of carbonyl (C=O) groups excluding carboxylic acids is 1. The summed E-state index contributed by atoms with van der Waals surface area (Å²) < 4.78 is 0. The van der Waals surface area contributed by atoms with E-state index in [1.54, 1.807) is 0 Å². The van der Waals surface area contributed by atoms with Crippen molar-refractivity contribution < 1.29 is 15.0 Å². The number of aliphatic hydroxyl groups is 2. The number of nitrogens with one attached hydrogen (secondary N) is 2. The van der Waals surface area contributed by atoms with E-state index < -0.39 is 6.10 Å². The Bertz CT molecular complexity index is 749. The Labute approximate surface area is 187 Å². The molecule has 2 amide bonds. The van der Waals surface area contributed by atoms with Gasteiger partial charge in [-0.15, -0.1) is 0 Å². The van der Waals surface area contributed by atoms with Crippen LogP contribution in [0, 0.1) is 28.6 Å². The molecular weight excluding hydrogens is 388 g/mol. The molecule has 8 atom stereocenters. The summed E-state index contributed by atoms with van der Waals surface area (Å²) in [5.74, 6) is 0.650. The number of fused-ring (bicyclic) bond motifs is 3. The van der Waals surface area contributed by atoms with E-state index in [1.165, 1.54) is 19.3 Å². The number of hydrogen-bond donors (Lipinski definition) is 4. The third kappa shape index (κ3) is 3.20. The lowest BCUT2D eigenvalue weighted by atomic mass is 9.41. The van der Waals surface area contributed by atoms with Crippen LogP contribution < -0.4 is 10.6 Å². The first-order valence-electron chi connectivity index (χ1n) is 12.8. The Kier molecular flexibility index (Phi) is 5.25. The fraction of sp³-hybridized carbons (Fsp3) is 0.885. The fourth-order valence-corrected chi connectivity index (χ4v) is 9.35. The van der Waals surface area contributed by atoms with Crippen LogP contribution in [0.5, 0.6) is 0 Å². The lowest BCUT2D eigenvalue weighted by Gasteiger charge is -2.65. The van der Waals surface area contributed by atoms with E-state index in [0.29, 0.717) is 12.0 Å². The van der Waals surface area contributed by atoms with Crippen LogP contribution >= 0.6 is 0 Å². The van der Waals surface area contributed by atoms with E-state index in [9.17, 15) is 15.0 Å². The molecule has 31 heavy (non-hydrogen) atoms. The molecule has 5 nitrogen and oxygen atoms in total. The van der Waals surface area contributed by atoms with Gasteiger partial charge in [0.2, 0.25) is 0 Å². The zero-order valence-electron chi connectivity index (χ0n) is 19.5. The molecule has 0 aromatic rings. The molecule has 0 aliphatic heterocycles. The maximum absolute atomic E-state index is 13.0. The zero-order valence-corrected chi connectivity index (χ0v) is 19.5. The van der Waals surface area contributed by atoms with E-state index in [4.69, 9.17) is 0 Å². The first-order valence-corrected chi connectivity index (χ1v) is 12.8. The minimum atomic E-state index is -0.492. The summed E-state index contributed by atoms with van der Waals surface area (Å²) >= 11 is 0. The van der Waals surface area contributed by atoms with Gasteiger partial charge in [-0.05, 0) is 87.0 Å². The van der Waals surface area contributed by atoms with E-state index in [2.05, 4.69) is 31.1 Å². The number of amides is 2. The first kappa shape index (κ1) is 21.8. The van der Waals surface area contributed by atoms with E-state index in [1.807, 2.05) is 0 Å². The third-order valence-corrected chi connectivity index (χ3v) is 10.5. The van der Waals surface area contributed by atoms with Gasteiger partial charge in [0, 0.05) is 17.0 Å². The van der Waals surface area contributed by atoms with Gasteiger partial charge in [0.25, 0.3) is 0 Å². The molecule has 2 unspecified atom stereocenters. The van der Waals surface area contributed by atoms with Gasteiger partial charge in [0.15, 0.2) is 0 Å². The lowest BCUT2D eigenvalue weighted by molar-refractivity contribution is -0.195. The van der Waals surface area contributed by atoms with Crippen molar-refractivity contribution in [2.24, 2.45) is 28.6 Å². The van der Waals surface area contributed by atoms with Crippen LogP contribution in [-0.4, -0.2) is 40.0 Å². The van der Waals surface area contributed by atoms with Gasteiger partial charge in [-0.2, -0.15) is 0 Å². The zero-order chi connectivity index (χ0) is 22.0. The minimum absolute atomic E-state index is 0.0162. The normalized spacial score (nSPS) is 49.8. The highest BCUT2D eigenvalue weighted by Crippen LogP contribution is 2.70. The molecule has 1 spiro atoms. The molecule has 4 N–H and O–H groups in total. The highest BCUT2D eigenvalue weighted by atomic mass is 16.3. The second-order valence-electron chi connectivity index (χ2n) is 12.2. The number of rotatable bonds is 2. The molecule has 5 rings (SSSR count). The Hall–Kier alpha value is -1.07. The maximum Gasteiger partial charge on any atom is 0.315 e. The van der Waals surface area contributed by atoms with Crippen LogP contribution in [0.2, 0.25) is 0 Å². The Morgan fingerprint density at radius 2 is 1.77 bits per heavy atom. The SMILES string of the molecule is C=C1[C@@H]2C[C@H](O)C3[C@]4(C)CCC[C@@](C)(NC(=O)NC5CCCCC5)C4CC[C@]3(C2)[C@@H]1O.